The molecule has 2 nitrogen and oxygen atoms in total. The second-order valence-electron chi connectivity index (χ2n) is 2.95. The highest BCUT2D eigenvalue weighted by molar-refractivity contribution is 5.31. The fraction of sp³-hybridized carbons (Fsp3) is 0.333. The highest BCUT2D eigenvalue weighted by atomic mass is 19.4. The number of hydrogen-bond acceptors (Lipinski definition) is 2. The fourth-order valence-electron chi connectivity index (χ4n) is 0.996. The predicted octanol–water partition coefficient (Wildman–Crippen LogP) is 2.40. The molecule has 1 aromatic rings. The van der Waals surface area contributed by atoms with Gasteiger partial charge in [-0.15, -0.1) is 0 Å². The first-order valence-electron chi connectivity index (χ1n) is 4.12. The summed E-state index contributed by atoms with van der Waals surface area (Å²) in [6.45, 7) is -2.40. The smallest absolute Gasteiger partial charge is 0.422 e. The third-order valence-corrected chi connectivity index (χ3v) is 1.62. The molecule has 0 aliphatic heterocycles. The summed E-state index contributed by atoms with van der Waals surface area (Å²) in [5.41, 5.74) is -0.0886. The maximum atomic E-state index is 13.0. The van der Waals surface area contributed by atoms with Gasteiger partial charge in [0.1, 0.15) is 0 Å². The minimum Gasteiger partial charge on any atom is -0.478 e. The Balaban J connectivity index is 2.88. The van der Waals surface area contributed by atoms with Crippen molar-refractivity contribution >= 4 is 0 Å². The highest BCUT2D eigenvalue weighted by Gasteiger charge is 2.29. The van der Waals surface area contributed by atoms with Crippen molar-refractivity contribution in [2.45, 2.75) is 12.8 Å². The summed E-state index contributed by atoms with van der Waals surface area (Å²) < 4.78 is 65.3. The first-order chi connectivity index (χ1) is 7.33. The predicted molar refractivity (Wildman–Crippen MR) is 43.8 cm³/mol. The van der Waals surface area contributed by atoms with Crippen LogP contribution in [-0.2, 0) is 6.61 Å². The Morgan fingerprint density at radius 3 is 2.00 bits per heavy atom. The largest absolute Gasteiger partial charge is 0.478 e. The molecule has 0 heterocycles. The van der Waals surface area contributed by atoms with E-state index < -0.39 is 36.8 Å². The number of benzene rings is 1. The second-order valence-corrected chi connectivity index (χ2v) is 2.95. The number of hydrogen-bond donors (Lipinski definition) is 1. The summed E-state index contributed by atoms with van der Waals surface area (Å²) in [4.78, 5) is 0. The molecule has 1 N–H and O–H groups in total. The van der Waals surface area contributed by atoms with Gasteiger partial charge in [-0.25, -0.2) is 8.78 Å². The van der Waals surface area contributed by atoms with E-state index >= 15 is 0 Å². The van der Waals surface area contributed by atoms with Crippen LogP contribution in [0.15, 0.2) is 12.1 Å². The molecule has 1 rings (SSSR count). The number of ether oxygens (including phenoxy) is 1. The van der Waals surface area contributed by atoms with Gasteiger partial charge < -0.3 is 9.84 Å². The lowest BCUT2D eigenvalue weighted by Crippen LogP contribution is -2.20. The Hall–Kier alpha value is -1.37. The lowest BCUT2D eigenvalue weighted by atomic mass is 10.2. The van der Waals surface area contributed by atoms with Crippen LogP contribution in [0.3, 0.4) is 0 Å². The molecule has 0 aliphatic carbocycles. The van der Waals surface area contributed by atoms with Crippen molar-refractivity contribution in [1.82, 2.24) is 0 Å². The van der Waals surface area contributed by atoms with Crippen LogP contribution in [0.4, 0.5) is 22.0 Å². The van der Waals surface area contributed by atoms with E-state index in [-0.39, 0.29) is 5.56 Å². The van der Waals surface area contributed by atoms with Crippen molar-refractivity contribution in [3.05, 3.63) is 29.3 Å². The monoisotopic (exact) mass is 242 g/mol. The zero-order valence-electron chi connectivity index (χ0n) is 7.81. The summed E-state index contributed by atoms with van der Waals surface area (Å²) in [5.74, 6) is -3.67. The molecule has 0 saturated heterocycles. The second kappa shape index (κ2) is 4.65. The van der Waals surface area contributed by atoms with Gasteiger partial charge in [-0.2, -0.15) is 13.2 Å². The fourth-order valence-corrected chi connectivity index (χ4v) is 0.996. The van der Waals surface area contributed by atoms with Crippen molar-refractivity contribution in [1.29, 1.82) is 0 Å². The van der Waals surface area contributed by atoms with E-state index in [1.165, 1.54) is 0 Å². The molecule has 0 unspecified atom stereocenters. The molecular formula is C9H7F5O2. The van der Waals surface area contributed by atoms with Crippen LogP contribution in [0, 0.1) is 11.6 Å². The van der Waals surface area contributed by atoms with Crippen molar-refractivity contribution in [2.24, 2.45) is 0 Å². The summed E-state index contributed by atoms with van der Waals surface area (Å²) in [6, 6.07) is 1.41. The third kappa shape index (κ3) is 3.34. The van der Waals surface area contributed by atoms with E-state index in [1.807, 2.05) is 0 Å². The van der Waals surface area contributed by atoms with Crippen LogP contribution >= 0.6 is 0 Å². The van der Waals surface area contributed by atoms with Gasteiger partial charge in [-0.1, -0.05) is 0 Å². The third-order valence-electron chi connectivity index (χ3n) is 1.62. The highest BCUT2D eigenvalue weighted by Crippen LogP contribution is 2.25. The van der Waals surface area contributed by atoms with E-state index in [0.29, 0.717) is 12.1 Å². The van der Waals surface area contributed by atoms with E-state index in [4.69, 9.17) is 5.11 Å². The Morgan fingerprint density at radius 2 is 1.62 bits per heavy atom. The van der Waals surface area contributed by atoms with E-state index in [1.54, 1.807) is 0 Å². The quantitative estimate of drug-likeness (QED) is 0.824. The van der Waals surface area contributed by atoms with Crippen LogP contribution in [0.25, 0.3) is 0 Å². The van der Waals surface area contributed by atoms with Crippen LogP contribution in [0.5, 0.6) is 5.75 Å². The lowest BCUT2D eigenvalue weighted by molar-refractivity contribution is -0.154. The molecule has 7 heteroatoms. The molecule has 0 atom stereocenters. The van der Waals surface area contributed by atoms with Crippen LogP contribution in [0.1, 0.15) is 5.56 Å². The van der Waals surface area contributed by atoms with Crippen LogP contribution < -0.4 is 4.74 Å². The Kier molecular flexibility index (Phi) is 3.69. The standard InChI is InChI=1S/C9H7F5O2/c10-6-1-5(3-15)2-7(11)8(6)16-4-9(12,13)14/h1-2,15H,3-4H2. The lowest BCUT2D eigenvalue weighted by Gasteiger charge is -2.11. The van der Waals surface area contributed by atoms with Gasteiger partial charge in [0.15, 0.2) is 24.0 Å². The summed E-state index contributed by atoms with van der Waals surface area (Å²) in [6.07, 6.45) is -4.67. The first-order valence-corrected chi connectivity index (χ1v) is 4.12. The van der Waals surface area contributed by atoms with E-state index in [9.17, 15) is 22.0 Å². The SMILES string of the molecule is OCc1cc(F)c(OCC(F)(F)F)c(F)c1. The zero-order chi connectivity index (χ0) is 12.3. The number of aliphatic hydroxyl groups is 1. The van der Waals surface area contributed by atoms with Crippen molar-refractivity contribution in [3.8, 4) is 5.75 Å². The molecule has 0 aromatic heterocycles. The normalized spacial score (nSPS) is 11.6. The van der Waals surface area contributed by atoms with Gasteiger partial charge in [0.25, 0.3) is 0 Å². The zero-order valence-corrected chi connectivity index (χ0v) is 7.81. The Morgan fingerprint density at radius 1 is 1.12 bits per heavy atom. The summed E-state index contributed by atoms with van der Waals surface area (Å²) in [7, 11) is 0. The summed E-state index contributed by atoms with van der Waals surface area (Å²) >= 11 is 0. The molecule has 0 fully saturated rings. The molecule has 0 bridgehead atoms. The van der Waals surface area contributed by atoms with Crippen molar-refractivity contribution < 1.29 is 31.8 Å². The van der Waals surface area contributed by atoms with E-state index in [2.05, 4.69) is 4.74 Å². The molecule has 1 aromatic carbocycles. The van der Waals surface area contributed by atoms with Gasteiger partial charge in [0.05, 0.1) is 6.61 Å². The Labute approximate surface area is 87.3 Å². The average molecular weight is 242 g/mol. The van der Waals surface area contributed by atoms with Gasteiger partial charge in [-0.05, 0) is 17.7 Å². The van der Waals surface area contributed by atoms with Gasteiger partial charge >= 0.3 is 6.18 Å². The number of rotatable bonds is 3. The number of alkyl halides is 3. The number of halogens is 5. The van der Waals surface area contributed by atoms with Crippen LogP contribution in [-0.4, -0.2) is 17.9 Å². The number of aliphatic hydroxyl groups excluding tert-OH is 1. The molecule has 0 saturated carbocycles. The van der Waals surface area contributed by atoms with E-state index in [0.717, 1.165) is 0 Å². The van der Waals surface area contributed by atoms with Gasteiger partial charge in [0, 0.05) is 0 Å². The maximum absolute atomic E-state index is 13.0. The van der Waals surface area contributed by atoms with Gasteiger partial charge in [-0.3, -0.25) is 0 Å². The maximum Gasteiger partial charge on any atom is 0.422 e. The van der Waals surface area contributed by atoms with Crippen molar-refractivity contribution in [3.63, 3.8) is 0 Å². The Bertz CT molecular complexity index is 352. The molecule has 0 amide bonds. The minimum absolute atomic E-state index is 0.0886. The van der Waals surface area contributed by atoms with Crippen molar-refractivity contribution in [2.75, 3.05) is 6.61 Å². The topological polar surface area (TPSA) is 29.5 Å². The molecule has 90 valence electrons. The molecule has 0 spiro atoms. The van der Waals surface area contributed by atoms with Crippen LogP contribution in [0.2, 0.25) is 0 Å². The minimum atomic E-state index is -4.67. The molecular weight excluding hydrogens is 235 g/mol. The summed E-state index contributed by atoms with van der Waals surface area (Å²) in [5, 5.41) is 8.58. The molecule has 0 aliphatic rings. The molecule has 0 radical (unpaired) electrons. The molecule has 16 heavy (non-hydrogen) atoms. The average Bonchev–Trinajstić information content (AvgIpc) is 2.14. The first kappa shape index (κ1) is 12.7. The van der Waals surface area contributed by atoms with Gasteiger partial charge in [0.2, 0.25) is 0 Å².